The van der Waals surface area contributed by atoms with E-state index in [4.69, 9.17) is 32.4 Å². The third-order valence-electron chi connectivity index (χ3n) is 3.18. The van der Waals surface area contributed by atoms with Crippen molar-refractivity contribution >= 4 is 39.1 Å². The number of amides is 1. The van der Waals surface area contributed by atoms with E-state index in [0.717, 1.165) is 6.07 Å². The normalized spacial score (nSPS) is 12.6. The molecule has 1 heterocycles. The van der Waals surface area contributed by atoms with Gasteiger partial charge in [-0.15, -0.1) is 0 Å². The summed E-state index contributed by atoms with van der Waals surface area (Å²) in [4.78, 5) is 11.9. The Morgan fingerprint density at radius 3 is 2.73 bits per heavy atom. The number of carbonyl (C=O) groups is 1. The highest BCUT2D eigenvalue weighted by atomic mass is 35.5. The van der Waals surface area contributed by atoms with Crippen molar-refractivity contribution in [3.8, 4) is 5.75 Å². The molecule has 2 rings (SSSR count). The number of sulfonamides is 1. The fourth-order valence-corrected chi connectivity index (χ4v) is 2.82. The molecule has 1 amide bonds. The minimum absolute atomic E-state index is 0.141. The zero-order chi connectivity index (χ0) is 19.3. The Balaban J connectivity index is 1.86. The molecule has 142 valence electrons. The van der Waals surface area contributed by atoms with Gasteiger partial charge in [0.25, 0.3) is 15.9 Å². The molecule has 11 heteroatoms. The fraction of sp³-hybridized carbons (Fsp3) is 0.267. The van der Waals surface area contributed by atoms with Gasteiger partial charge >= 0.3 is 0 Å². The summed E-state index contributed by atoms with van der Waals surface area (Å²) in [5.74, 6) is -0.579. The number of benzene rings is 1. The third kappa shape index (κ3) is 5.12. The minimum Gasteiger partial charge on any atom is -0.489 e. The van der Waals surface area contributed by atoms with Gasteiger partial charge in [-0.2, -0.15) is 0 Å². The molecule has 0 aliphatic rings. The predicted molar refractivity (Wildman–Crippen MR) is 95.3 cm³/mol. The maximum Gasteiger partial charge on any atom is 0.287 e. The van der Waals surface area contributed by atoms with Gasteiger partial charge in [0.15, 0.2) is 5.76 Å². The van der Waals surface area contributed by atoms with E-state index < -0.39 is 22.0 Å². The Morgan fingerprint density at radius 2 is 2.04 bits per heavy atom. The zero-order valence-corrected chi connectivity index (χ0v) is 15.9. The summed E-state index contributed by atoms with van der Waals surface area (Å²) in [5.41, 5.74) is 0. The van der Waals surface area contributed by atoms with Crippen LogP contribution in [0.5, 0.6) is 5.75 Å². The first-order valence-electron chi connectivity index (χ1n) is 7.31. The molecule has 3 N–H and O–H groups in total. The van der Waals surface area contributed by atoms with Crippen molar-refractivity contribution in [2.24, 2.45) is 0 Å². The van der Waals surface area contributed by atoms with Crippen LogP contribution in [0.25, 0.3) is 0 Å². The van der Waals surface area contributed by atoms with Gasteiger partial charge in [-0.05, 0) is 31.3 Å². The highest BCUT2D eigenvalue weighted by Gasteiger charge is 2.20. The Bertz CT molecular complexity index is 884. The van der Waals surface area contributed by atoms with E-state index in [1.54, 1.807) is 18.2 Å². The summed E-state index contributed by atoms with van der Waals surface area (Å²) in [5, 5.41) is 12.4. The number of hydrogen-bond donors (Lipinski definition) is 3. The summed E-state index contributed by atoms with van der Waals surface area (Å²) in [6, 6.07) is 7.20. The largest absolute Gasteiger partial charge is 0.489 e. The van der Waals surface area contributed by atoms with Crippen LogP contribution in [0.1, 0.15) is 10.6 Å². The van der Waals surface area contributed by atoms with Crippen LogP contribution in [0, 0.1) is 0 Å². The second-order valence-electron chi connectivity index (χ2n) is 5.05. The molecule has 8 nitrogen and oxygen atoms in total. The van der Waals surface area contributed by atoms with Crippen LogP contribution in [-0.2, 0) is 10.0 Å². The number of carbonyl (C=O) groups excluding carboxylic acids is 1. The predicted octanol–water partition coefficient (Wildman–Crippen LogP) is 1.66. The van der Waals surface area contributed by atoms with E-state index >= 15 is 0 Å². The van der Waals surface area contributed by atoms with Gasteiger partial charge in [-0.1, -0.05) is 29.3 Å². The molecule has 0 aliphatic carbocycles. The maximum absolute atomic E-state index is 11.9. The van der Waals surface area contributed by atoms with Crippen LogP contribution in [0.4, 0.5) is 0 Å². The molecule has 0 saturated heterocycles. The maximum atomic E-state index is 11.9. The lowest BCUT2D eigenvalue weighted by Crippen LogP contribution is -2.35. The number of aliphatic hydroxyl groups is 1. The minimum atomic E-state index is -3.78. The van der Waals surface area contributed by atoms with Crippen LogP contribution < -0.4 is 14.8 Å². The van der Waals surface area contributed by atoms with Crippen LogP contribution in [0.15, 0.2) is 39.8 Å². The molecule has 1 aromatic carbocycles. The van der Waals surface area contributed by atoms with E-state index in [1.165, 1.54) is 13.1 Å². The molecule has 26 heavy (non-hydrogen) atoms. The summed E-state index contributed by atoms with van der Waals surface area (Å²) in [6.07, 6.45) is -1.04. The first-order valence-corrected chi connectivity index (χ1v) is 9.55. The average Bonchev–Trinajstić information content (AvgIpc) is 3.12. The number of halogens is 2. The molecule has 1 atom stereocenters. The molecule has 0 spiro atoms. The van der Waals surface area contributed by atoms with Crippen molar-refractivity contribution in [3.63, 3.8) is 0 Å². The lowest BCUT2D eigenvalue weighted by Gasteiger charge is -2.14. The topological polar surface area (TPSA) is 118 Å². The molecule has 0 bridgehead atoms. The molecular formula is C15H16Cl2N2O6S. The molecule has 0 fully saturated rings. The fourth-order valence-electron chi connectivity index (χ4n) is 1.83. The lowest BCUT2D eigenvalue weighted by atomic mass is 10.3. The summed E-state index contributed by atoms with van der Waals surface area (Å²) >= 11 is 11.8. The Labute approximate surface area is 160 Å². The Hall–Kier alpha value is -1.78. The Kier molecular flexibility index (Phi) is 6.90. The first-order chi connectivity index (χ1) is 12.2. The second-order valence-corrected chi connectivity index (χ2v) is 7.66. The Morgan fingerprint density at radius 1 is 1.31 bits per heavy atom. The van der Waals surface area contributed by atoms with Crippen molar-refractivity contribution in [1.82, 2.24) is 10.0 Å². The molecule has 0 saturated carbocycles. The number of hydrogen-bond acceptors (Lipinski definition) is 6. The number of rotatable bonds is 8. The lowest BCUT2D eigenvalue weighted by molar-refractivity contribution is 0.0818. The highest BCUT2D eigenvalue weighted by molar-refractivity contribution is 7.89. The van der Waals surface area contributed by atoms with Gasteiger partial charge in [0, 0.05) is 6.54 Å². The van der Waals surface area contributed by atoms with Crippen LogP contribution >= 0.6 is 23.2 Å². The van der Waals surface area contributed by atoms with Gasteiger partial charge in [0.2, 0.25) is 5.09 Å². The van der Waals surface area contributed by atoms with Crippen molar-refractivity contribution in [2.75, 3.05) is 20.2 Å². The number of ether oxygens (including phenoxy) is 1. The van der Waals surface area contributed by atoms with Crippen LogP contribution in [0.3, 0.4) is 0 Å². The molecule has 2 aromatic rings. The monoisotopic (exact) mass is 422 g/mol. The first kappa shape index (κ1) is 20.5. The standard InChI is InChI=1S/C15H16Cl2N2O6S/c1-18-26(22,23)13-6-5-12(25-13)15(21)19-7-9(20)8-24-11-4-2-3-10(16)14(11)17/h2-6,9,18,20H,7-8H2,1H3,(H,19,21). The van der Waals surface area contributed by atoms with Crippen molar-refractivity contribution in [2.45, 2.75) is 11.2 Å². The smallest absolute Gasteiger partial charge is 0.287 e. The number of nitrogens with one attached hydrogen (secondary N) is 2. The third-order valence-corrected chi connectivity index (χ3v) is 5.27. The van der Waals surface area contributed by atoms with E-state index in [1.807, 2.05) is 0 Å². The van der Waals surface area contributed by atoms with E-state index in [2.05, 4.69) is 10.0 Å². The highest BCUT2D eigenvalue weighted by Crippen LogP contribution is 2.31. The number of aliphatic hydroxyl groups excluding tert-OH is 1. The molecular weight excluding hydrogens is 407 g/mol. The van der Waals surface area contributed by atoms with Crippen molar-refractivity contribution < 1.29 is 27.5 Å². The van der Waals surface area contributed by atoms with Crippen LogP contribution in [-0.4, -0.2) is 45.7 Å². The second kappa shape index (κ2) is 8.74. The van der Waals surface area contributed by atoms with E-state index in [0.29, 0.717) is 10.8 Å². The van der Waals surface area contributed by atoms with Gasteiger partial charge < -0.3 is 19.6 Å². The molecule has 0 aliphatic heterocycles. The van der Waals surface area contributed by atoms with Crippen molar-refractivity contribution in [1.29, 1.82) is 0 Å². The zero-order valence-electron chi connectivity index (χ0n) is 13.5. The quantitative estimate of drug-likeness (QED) is 0.595. The molecule has 1 unspecified atom stereocenters. The average molecular weight is 423 g/mol. The van der Waals surface area contributed by atoms with Crippen molar-refractivity contribution in [3.05, 3.63) is 46.1 Å². The van der Waals surface area contributed by atoms with E-state index in [9.17, 15) is 18.3 Å². The SMILES string of the molecule is CNS(=O)(=O)c1ccc(C(=O)NCC(O)COc2cccc(Cl)c2Cl)o1. The van der Waals surface area contributed by atoms with Crippen LogP contribution in [0.2, 0.25) is 10.0 Å². The molecule has 1 aromatic heterocycles. The van der Waals surface area contributed by atoms with Gasteiger partial charge in [0.1, 0.15) is 23.5 Å². The number of furan rings is 1. The summed E-state index contributed by atoms with van der Waals surface area (Å²) in [7, 11) is -2.56. The van der Waals surface area contributed by atoms with Gasteiger partial charge in [0.05, 0.1) is 5.02 Å². The van der Waals surface area contributed by atoms with Gasteiger partial charge in [-0.25, -0.2) is 13.1 Å². The van der Waals surface area contributed by atoms with E-state index in [-0.39, 0.29) is 29.0 Å². The summed E-state index contributed by atoms with van der Waals surface area (Å²) in [6.45, 7) is -0.288. The summed E-state index contributed by atoms with van der Waals surface area (Å²) < 4.78 is 35.5. The van der Waals surface area contributed by atoms with Gasteiger partial charge in [-0.3, -0.25) is 4.79 Å². The molecule has 0 radical (unpaired) electrons.